The molecule has 0 fully saturated rings. The Hall–Kier alpha value is -1.22. The Morgan fingerprint density at radius 3 is 2.11 bits per heavy atom. The van der Waals surface area contributed by atoms with Crippen molar-refractivity contribution in [3.05, 3.63) is 24.3 Å². The standard InChI is InChI=1S/C15H26N2O/c1-14(2,3)18-11-10-15(4,5)17-13-8-6-12(16)7-9-13/h6-9,17H,10-11,16H2,1-5H3. The molecule has 0 heterocycles. The SMILES string of the molecule is CC(C)(CCOC(C)(C)C)Nc1ccc(N)cc1. The molecule has 3 heteroatoms. The second-order valence-corrected chi connectivity index (χ2v) is 6.34. The van der Waals surface area contributed by atoms with Crippen molar-refractivity contribution in [1.29, 1.82) is 0 Å². The van der Waals surface area contributed by atoms with E-state index >= 15 is 0 Å². The van der Waals surface area contributed by atoms with Crippen molar-refractivity contribution < 1.29 is 4.74 Å². The summed E-state index contributed by atoms with van der Waals surface area (Å²) in [6, 6.07) is 7.82. The van der Waals surface area contributed by atoms with Gasteiger partial charge >= 0.3 is 0 Å². The van der Waals surface area contributed by atoms with E-state index in [1.807, 2.05) is 24.3 Å². The number of nitrogens with one attached hydrogen (secondary N) is 1. The van der Waals surface area contributed by atoms with E-state index in [0.29, 0.717) is 0 Å². The summed E-state index contributed by atoms with van der Waals surface area (Å²) in [5, 5.41) is 3.50. The summed E-state index contributed by atoms with van der Waals surface area (Å²) >= 11 is 0. The van der Waals surface area contributed by atoms with E-state index in [1.165, 1.54) is 0 Å². The molecule has 0 radical (unpaired) electrons. The maximum atomic E-state index is 5.76. The fourth-order valence-electron chi connectivity index (χ4n) is 1.63. The summed E-state index contributed by atoms with van der Waals surface area (Å²) in [6.45, 7) is 11.3. The quantitative estimate of drug-likeness (QED) is 0.784. The van der Waals surface area contributed by atoms with Gasteiger partial charge in [0.25, 0.3) is 0 Å². The van der Waals surface area contributed by atoms with Crippen LogP contribution in [0.5, 0.6) is 0 Å². The summed E-state index contributed by atoms with van der Waals surface area (Å²) in [6.07, 6.45) is 0.953. The molecule has 0 unspecified atom stereocenters. The lowest BCUT2D eigenvalue weighted by Crippen LogP contribution is -2.33. The average molecular weight is 250 g/mol. The first kappa shape index (κ1) is 14.8. The van der Waals surface area contributed by atoms with Crippen molar-refractivity contribution >= 4 is 11.4 Å². The van der Waals surface area contributed by atoms with Crippen LogP contribution in [0.25, 0.3) is 0 Å². The van der Waals surface area contributed by atoms with Gasteiger partial charge in [0, 0.05) is 23.5 Å². The molecule has 1 aromatic carbocycles. The number of benzene rings is 1. The minimum atomic E-state index is -0.0721. The molecule has 0 aliphatic rings. The molecule has 0 saturated heterocycles. The molecule has 0 aromatic heterocycles. The normalized spacial score (nSPS) is 12.5. The minimum absolute atomic E-state index is 0.00135. The Balaban J connectivity index is 2.46. The molecule has 1 rings (SSSR count). The van der Waals surface area contributed by atoms with Crippen molar-refractivity contribution in [3.63, 3.8) is 0 Å². The molecule has 1 aromatic rings. The molecular weight excluding hydrogens is 224 g/mol. The summed E-state index contributed by atoms with van der Waals surface area (Å²) in [5.74, 6) is 0. The number of nitrogens with two attached hydrogens (primary N) is 1. The zero-order chi connectivity index (χ0) is 13.8. The van der Waals surface area contributed by atoms with E-state index in [1.54, 1.807) is 0 Å². The van der Waals surface area contributed by atoms with E-state index < -0.39 is 0 Å². The maximum absolute atomic E-state index is 5.76. The van der Waals surface area contributed by atoms with E-state index in [9.17, 15) is 0 Å². The molecule has 0 aliphatic heterocycles. The number of hydrogen-bond acceptors (Lipinski definition) is 3. The van der Waals surface area contributed by atoms with Crippen LogP contribution >= 0.6 is 0 Å². The fourth-order valence-corrected chi connectivity index (χ4v) is 1.63. The lowest BCUT2D eigenvalue weighted by molar-refractivity contribution is -0.00846. The van der Waals surface area contributed by atoms with Crippen molar-refractivity contribution in [2.24, 2.45) is 0 Å². The summed E-state index contributed by atoms with van der Waals surface area (Å²) in [5.41, 5.74) is 7.47. The topological polar surface area (TPSA) is 47.3 Å². The zero-order valence-electron chi connectivity index (χ0n) is 12.2. The summed E-state index contributed by atoms with van der Waals surface area (Å²) in [7, 11) is 0. The molecule has 0 bridgehead atoms. The van der Waals surface area contributed by atoms with E-state index in [-0.39, 0.29) is 11.1 Å². The predicted octanol–water partition coefficient (Wildman–Crippen LogP) is 3.66. The third-order valence-corrected chi connectivity index (χ3v) is 2.66. The van der Waals surface area contributed by atoms with Gasteiger partial charge in [0.1, 0.15) is 0 Å². The largest absolute Gasteiger partial charge is 0.399 e. The van der Waals surface area contributed by atoms with Crippen LogP contribution in [-0.4, -0.2) is 17.7 Å². The molecular formula is C15H26N2O. The first-order valence-electron chi connectivity index (χ1n) is 6.46. The molecule has 3 nitrogen and oxygen atoms in total. The lowest BCUT2D eigenvalue weighted by atomic mass is 10.0. The Labute approximate surface area is 111 Å². The van der Waals surface area contributed by atoms with Gasteiger partial charge in [-0.2, -0.15) is 0 Å². The van der Waals surface area contributed by atoms with Crippen LogP contribution in [0.1, 0.15) is 41.0 Å². The third-order valence-electron chi connectivity index (χ3n) is 2.66. The van der Waals surface area contributed by atoms with Gasteiger partial charge in [-0.3, -0.25) is 0 Å². The first-order valence-corrected chi connectivity index (χ1v) is 6.46. The van der Waals surface area contributed by atoms with Crippen LogP contribution in [0.3, 0.4) is 0 Å². The number of ether oxygens (including phenoxy) is 1. The van der Waals surface area contributed by atoms with Gasteiger partial charge in [-0.05, 0) is 65.3 Å². The highest BCUT2D eigenvalue weighted by molar-refractivity contribution is 5.52. The zero-order valence-corrected chi connectivity index (χ0v) is 12.2. The molecule has 0 amide bonds. The monoisotopic (exact) mass is 250 g/mol. The maximum Gasteiger partial charge on any atom is 0.0598 e. The number of rotatable bonds is 5. The highest BCUT2D eigenvalue weighted by atomic mass is 16.5. The first-order chi connectivity index (χ1) is 8.18. The molecule has 0 saturated carbocycles. The van der Waals surface area contributed by atoms with Gasteiger partial charge in [0.2, 0.25) is 0 Å². The van der Waals surface area contributed by atoms with Crippen molar-refractivity contribution in [2.45, 2.75) is 52.2 Å². The second kappa shape index (κ2) is 5.61. The Morgan fingerprint density at radius 2 is 1.61 bits per heavy atom. The highest BCUT2D eigenvalue weighted by Gasteiger charge is 2.19. The molecule has 102 valence electrons. The van der Waals surface area contributed by atoms with Crippen LogP contribution in [0.2, 0.25) is 0 Å². The second-order valence-electron chi connectivity index (χ2n) is 6.34. The average Bonchev–Trinajstić information content (AvgIpc) is 2.18. The van der Waals surface area contributed by atoms with E-state index in [0.717, 1.165) is 24.4 Å². The number of anilines is 2. The van der Waals surface area contributed by atoms with Gasteiger partial charge in [-0.1, -0.05) is 0 Å². The third kappa shape index (κ3) is 5.92. The van der Waals surface area contributed by atoms with Crippen molar-refractivity contribution in [3.8, 4) is 0 Å². The number of hydrogen-bond donors (Lipinski definition) is 2. The minimum Gasteiger partial charge on any atom is -0.399 e. The Bertz CT molecular complexity index is 363. The smallest absolute Gasteiger partial charge is 0.0598 e. The van der Waals surface area contributed by atoms with Gasteiger partial charge < -0.3 is 15.8 Å². The number of nitrogen functional groups attached to an aromatic ring is 1. The van der Waals surface area contributed by atoms with Gasteiger partial charge in [0.15, 0.2) is 0 Å². The van der Waals surface area contributed by atoms with Gasteiger partial charge in [-0.15, -0.1) is 0 Å². The Morgan fingerprint density at radius 1 is 1.06 bits per heavy atom. The molecule has 0 aliphatic carbocycles. The van der Waals surface area contributed by atoms with Crippen molar-refractivity contribution in [2.75, 3.05) is 17.7 Å². The summed E-state index contributed by atoms with van der Waals surface area (Å²) < 4.78 is 5.76. The van der Waals surface area contributed by atoms with Crippen LogP contribution in [0.15, 0.2) is 24.3 Å². The van der Waals surface area contributed by atoms with Crippen LogP contribution in [-0.2, 0) is 4.74 Å². The van der Waals surface area contributed by atoms with Crippen LogP contribution in [0.4, 0.5) is 11.4 Å². The Kier molecular flexibility index (Phi) is 4.63. The molecule has 0 spiro atoms. The van der Waals surface area contributed by atoms with Crippen LogP contribution in [0, 0.1) is 0 Å². The molecule has 3 N–H and O–H groups in total. The van der Waals surface area contributed by atoms with Crippen molar-refractivity contribution in [1.82, 2.24) is 0 Å². The summed E-state index contributed by atoms with van der Waals surface area (Å²) in [4.78, 5) is 0. The molecule has 18 heavy (non-hydrogen) atoms. The van der Waals surface area contributed by atoms with Crippen LogP contribution < -0.4 is 11.1 Å². The van der Waals surface area contributed by atoms with Gasteiger partial charge in [-0.25, -0.2) is 0 Å². The predicted molar refractivity (Wildman–Crippen MR) is 78.9 cm³/mol. The lowest BCUT2D eigenvalue weighted by Gasteiger charge is -2.29. The van der Waals surface area contributed by atoms with E-state index in [4.69, 9.17) is 10.5 Å². The van der Waals surface area contributed by atoms with E-state index in [2.05, 4.69) is 39.9 Å². The highest BCUT2D eigenvalue weighted by Crippen LogP contribution is 2.20. The fraction of sp³-hybridized carbons (Fsp3) is 0.600. The molecule has 0 atom stereocenters. The van der Waals surface area contributed by atoms with Gasteiger partial charge in [0.05, 0.1) is 5.60 Å².